The second-order valence-corrected chi connectivity index (χ2v) is 3.81. The van der Waals surface area contributed by atoms with Crippen LogP contribution in [0.25, 0.3) is 0 Å². The Morgan fingerprint density at radius 1 is 1.05 bits per heavy atom. The quantitative estimate of drug-likeness (QED) is 0.552. The van der Waals surface area contributed by atoms with Crippen LogP contribution in [0.3, 0.4) is 0 Å². The van der Waals surface area contributed by atoms with Gasteiger partial charge in [0, 0.05) is 7.05 Å². The van der Waals surface area contributed by atoms with Crippen molar-refractivity contribution in [1.29, 1.82) is 0 Å². The Labute approximate surface area is 115 Å². The number of rotatable bonds is 5. The third kappa shape index (κ3) is 4.26. The van der Waals surface area contributed by atoms with Gasteiger partial charge in [-0.15, -0.1) is 0 Å². The Bertz CT molecular complexity index is 423. The molecule has 0 rings (SSSR count). The summed E-state index contributed by atoms with van der Waals surface area (Å²) >= 11 is 0. The molecule has 1 unspecified atom stereocenters. The first-order valence-electron chi connectivity index (χ1n) is 5.26. The van der Waals surface area contributed by atoms with Crippen molar-refractivity contribution in [2.24, 2.45) is 0 Å². The zero-order chi connectivity index (χ0) is 17.0. The molecule has 0 aliphatic rings. The van der Waals surface area contributed by atoms with Crippen LogP contribution in [0, 0.1) is 0 Å². The molecule has 0 spiro atoms. The van der Waals surface area contributed by atoms with Crippen molar-refractivity contribution in [2.45, 2.75) is 24.6 Å². The average Bonchev–Trinajstić information content (AvgIpc) is 2.40. The van der Waals surface area contributed by atoms with Crippen LogP contribution in [0.2, 0.25) is 0 Å². The Morgan fingerprint density at radius 3 is 1.86 bits per heavy atom. The van der Waals surface area contributed by atoms with E-state index in [0.717, 1.165) is 14.2 Å². The number of likely N-dealkylation sites (N-methyl/N-ethyl adjacent to an activating group) is 1. The number of hydrogen-bond donors (Lipinski definition) is 0. The van der Waals surface area contributed by atoms with Crippen LogP contribution in [0.1, 0.15) is 6.42 Å². The molecule has 0 aliphatic heterocycles. The van der Waals surface area contributed by atoms with E-state index in [4.69, 9.17) is 0 Å². The molecule has 0 saturated heterocycles. The number of nitrogens with zero attached hydrogens (tertiary/aromatic N) is 1. The summed E-state index contributed by atoms with van der Waals surface area (Å²) in [4.78, 5) is 33.4. The van der Waals surface area contributed by atoms with Gasteiger partial charge in [-0.1, -0.05) is 0 Å². The van der Waals surface area contributed by atoms with Gasteiger partial charge in [0.05, 0.1) is 20.6 Å². The fourth-order valence-corrected chi connectivity index (χ4v) is 1.24. The van der Waals surface area contributed by atoms with Crippen LogP contribution in [0.5, 0.6) is 0 Å². The molecule has 21 heavy (non-hydrogen) atoms. The number of hydrogen-bond acceptors (Lipinski definition) is 5. The third-order valence-corrected chi connectivity index (χ3v) is 2.47. The summed E-state index contributed by atoms with van der Waals surface area (Å²) < 4.78 is 70.5. The van der Waals surface area contributed by atoms with Gasteiger partial charge < -0.3 is 14.4 Å². The van der Waals surface area contributed by atoms with Crippen molar-refractivity contribution in [3.63, 3.8) is 0 Å². The number of methoxy groups -OCH3 is 2. The number of esters is 2. The van der Waals surface area contributed by atoms with Crippen LogP contribution in [-0.4, -0.2) is 62.2 Å². The maximum atomic E-state index is 12.9. The molecule has 0 N–H and O–H groups in total. The monoisotopic (exact) mass is 321 g/mol. The lowest BCUT2D eigenvalue weighted by Gasteiger charge is -2.29. The summed E-state index contributed by atoms with van der Waals surface area (Å²) in [6.45, 7) is 0. The van der Waals surface area contributed by atoms with Crippen molar-refractivity contribution in [3.05, 3.63) is 0 Å². The van der Waals surface area contributed by atoms with E-state index in [-0.39, 0.29) is 4.90 Å². The van der Waals surface area contributed by atoms with Crippen LogP contribution in [-0.2, 0) is 23.9 Å². The van der Waals surface area contributed by atoms with Gasteiger partial charge in [-0.3, -0.25) is 9.59 Å². The lowest BCUT2D eigenvalue weighted by atomic mass is 10.1. The molecule has 1 atom stereocenters. The Morgan fingerprint density at radius 2 is 1.52 bits per heavy atom. The van der Waals surface area contributed by atoms with E-state index in [0.29, 0.717) is 7.05 Å². The summed E-state index contributed by atoms with van der Waals surface area (Å²) in [6, 6.07) is -1.97. The molecule has 0 heterocycles. The van der Waals surface area contributed by atoms with Crippen molar-refractivity contribution in [1.82, 2.24) is 4.90 Å². The minimum atomic E-state index is -6.13. The first kappa shape index (κ1) is 19.1. The highest BCUT2D eigenvalue weighted by atomic mass is 19.4. The molecule has 1 amide bonds. The maximum Gasteiger partial charge on any atom is 0.463 e. The number of halogens is 5. The first-order chi connectivity index (χ1) is 9.40. The highest BCUT2D eigenvalue weighted by Gasteiger charge is 2.65. The van der Waals surface area contributed by atoms with Crippen LogP contribution in [0.4, 0.5) is 22.0 Å². The van der Waals surface area contributed by atoms with E-state index in [1.54, 1.807) is 0 Å². The minimum Gasteiger partial charge on any atom is -0.469 e. The molecule has 11 heteroatoms. The van der Waals surface area contributed by atoms with E-state index >= 15 is 0 Å². The summed E-state index contributed by atoms with van der Waals surface area (Å²) in [6.07, 6.45) is -7.07. The van der Waals surface area contributed by atoms with E-state index in [9.17, 15) is 36.3 Å². The minimum absolute atomic E-state index is 0.198. The third-order valence-electron chi connectivity index (χ3n) is 2.47. The number of carbonyl (C=O) groups excluding carboxylic acids is 3. The summed E-state index contributed by atoms with van der Waals surface area (Å²) in [5, 5.41) is 0. The standard InChI is InChI=1S/C10H12F5NO5/c1-16(8(19)9(11,12)10(13,14)15)5(7(18)21-3)4-6(17)20-2/h5H,4H2,1-3H3. The van der Waals surface area contributed by atoms with E-state index < -0.39 is 42.4 Å². The number of carbonyl (C=O) groups is 3. The van der Waals surface area contributed by atoms with Gasteiger partial charge in [0.15, 0.2) is 0 Å². The second-order valence-electron chi connectivity index (χ2n) is 3.81. The van der Waals surface area contributed by atoms with Gasteiger partial charge in [-0.25, -0.2) is 4.79 Å². The number of amides is 1. The van der Waals surface area contributed by atoms with Crippen molar-refractivity contribution in [3.8, 4) is 0 Å². The van der Waals surface area contributed by atoms with E-state index in [1.165, 1.54) is 0 Å². The molecule has 0 bridgehead atoms. The van der Waals surface area contributed by atoms with Crippen LogP contribution >= 0.6 is 0 Å². The molecule has 0 aromatic carbocycles. The SMILES string of the molecule is COC(=O)CC(C(=O)OC)N(C)C(=O)C(F)(F)C(F)(F)F. The lowest BCUT2D eigenvalue weighted by Crippen LogP contribution is -2.55. The number of alkyl halides is 5. The van der Waals surface area contributed by atoms with Gasteiger partial charge in [-0.2, -0.15) is 22.0 Å². The van der Waals surface area contributed by atoms with Crippen molar-refractivity contribution >= 4 is 17.8 Å². The molecule has 122 valence electrons. The summed E-state index contributed by atoms with van der Waals surface area (Å²) in [5.41, 5.74) is 0. The van der Waals surface area contributed by atoms with Crippen molar-refractivity contribution < 1.29 is 45.8 Å². The summed E-state index contributed by atoms with van der Waals surface area (Å²) in [7, 11) is 2.24. The van der Waals surface area contributed by atoms with Crippen molar-refractivity contribution in [2.75, 3.05) is 21.3 Å². The fourth-order valence-electron chi connectivity index (χ4n) is 1.24. The molecule has 6 nitrogen and oxygen atoms in total. The lowest BCUT2D eigenvalue weighted by molar-refractivity contribution is -0.274. The van der Waals surface area contributed by atoms with E-state index in [1.807, 2.05) is 0 Å². The zero-order valence-electron chi connectivity index (χ0n) is 11.2. The predicted molar refractivity (Wildman–Crippen MR) is 56.2 cm³/mol. The topological polar surface area (TPSA) is 72.9 Å². The fraction of sp³-hybridized carbons (Fsp3) is 0.700. The highest BCUT2D eigenvalue weighted by Crippen LogP contribution is 2.37. The largest absolute Gasteiger partial charge is 0.469 e. The van der Waals surface area contributed by atoms with Gasteiger partial charge >= 0.3 is 29.9 Å². The maximum absolute atomic E-state index is 12.9. The van der Waals surface area contributed by atoms with Gasteiger partial charge in [0.1, 0.15) is 6.04 Å². The van der Waals surface area contributed by atoms with E-state index in [2.05, 4.69) is 9.47 Å². The van der Waals surface area contributed by atoms with Crippen LogP contribution in [0.15, 0.2) is 0 Å². The molecule has 0 fully saturated rings. The first-order valence-corrected chi connectivity index (χ1v) is 5.26. The molecular formula is C10H12F5NO5. The summed E-state index contributed by atoms with van der Waals surface area (Å²) in [5.74, 6) is -10.8. The normalized spacial score (nSPS) is 13.3. The predicted octanol–water partition coefficient (Wildman–Crippen LogP) is 0.747. The van der Waals surface area contributed by atoms with Gasteiger partial charge in [0.2, 0.25) is 0 Å². The molecule has 0 aromatic heterocycles. The molecular weight excluding hydrogens is 309 g/mol. The Hall–Kier alpha value is -1.94. The van der Waals surface area contributed by atoms with Crippen LogP contribution < -0.4 is 0 Å². The second kappa shape index (κ2) is 6.68. The molecule has 0 aliphatic carbocycles. The molecule has 0 radical (unpaired) electrons. The highest BCUT2D eigenvalue weighted by molar-refractivity contribution is 5.91. The average molecular weight is 321 g/mol. The molecule has 0 saturated carbocycles. The number of ether oxygens (including phenoxy) is 2. The smallest absolute Gasteiger partial charge is 0.463 e. The molecule has 0 aromatic rings. The van der Waals surface area contributed by atoms with Gasteiger partial charge in [0.25, 0.3) is 0 Å². The van der Waals surface area contributed by atoms with Gasteiger partial charge in [-0.05, 0) is 0 Å². The zero-order valence-corrected chi connectivity index (χ0v) is 11.2. The Kier molecular flexibility index (Phi) is 6.06. The Balaban J connectivity index is 5.39.